The Morgan fingerprint density at radius 1 is 1.12 bits per heavy atom. The fraction of sp³-hybridized carbons (Fsp3) is 0.158. The van der Waals surface area contributed by atoms with Gasteiger partial charge in [-0.15, -0.1) is 0 Å². The van der Waals surface area contributed by atoms with E-state index in [0.717, 1.165) is 28.2 Å². The fourth-order valence-corrected chi connectivity index (χ4v) is 3.03. The lowest BCUT2D eigenvalue weighted by atomic mass is 10.1. The van der Waals surface area contributed by atoms with Gasteiger partial charge in [0.05, 0.1) is 22.2 Å². The molecule has 0 bridgehead atoms. The third-order valence-electron chi connectivity index (χ3n) is 4.33. The van der Waals surface area contributed by atoms with E-state index in [1.807, 2.05) is 13.0 Å². The van der Waals surface area contributed by atoms with E-state index in [-0.39, 0.29) is 6.54 Å². The quantitative estimate of drug-likeness (QED) is 0.708. The maximum absolute atomic E-state index is 12.3. The third-order valence-corrected chi connectivity index (χ3v) is 4.33. The lowest BCUT2D eigenvalue weighted by Crippen LogP contribution is -2.37. The molecule has 26 heavy (non-hydrogen) atoms. The monoisotopic (exact) mass is 348 g/mol. The molecule has 3 aromatic rings. The Morgan fingerprint density at radius 2 is 1.81 bits per heavy atom. The van der Waals surface area contributed by atoms with Crippen LogP contribution in [-0.2, 0) is 11.2 Å². The number of carbonyl (C=O) groups excluding carboxylic acids is 3. The summed E-state index contributed by atoms with van der Waals surface area (Å²) in [6.07, 6.45) is 0.788. The Morgan fingerprint density at radius 3 is 2.46 bits per heavy atom. The largest absolute Gasteiger partial charge is 0.342 e. The van der Waals surface area contributed by atoms with E-state index in [4.69, 9.17) is 0 Å². The van der Waals surface area contributed by atoms with E-state index in [9.17, 15) is 14.4 Å². The molecule has 7 nitrogen and oxygen atoms in total. The highest BCUT2D eigenvalue weighted by molar-refractivity contribution is 6.22. The molecular weight excluding hydrogens is 332 g/mol. The Labute approximate surface area is 149 Å². The molecule has 7 heteroatoms. The Bertz CT molecular complexity index is 1020. The van der Waals surface area contributed by atoms with Gasteiger partial charge in [-0.2, -0.15) is 0 Å². The average Bonchev–Trinajstić information content (AvgIpc) is 3.16. The molecule has 0 unspecified atom stereocenters. The van der Waals surface area contributed by atoms with Crippen LogP contribution in [0.1, 0.15) is 33.5 Å². The molecule has 3 amide bonds. The zero-order valence-electron chi connectivity index (χ0n) is 14.1. The number of nitrogens with zero attached hydrogens (tertiary/aromatic N) is 2. The highest BCUT2D eigenvalue weighted by Crippen LogP contribution is 2.22. The number of hydrogen-bond acceptors (Lipinski definition) is 4. The van der Waals surface area contributed by atoms with Gasteiger partial charge in [-0.25, -0.2) is 4.98 Å². The number of hydrogen-bond donors (Lipinski definition) is 2. The SMILES string of the molecule is CCc1nc2ccc(NC(=O)CN3C(=O)c4ccccc4C3=O)cc2[nH]1. The van der Waals surface area contributed by atoms with Crippen molar-refractivity contribution in [1.29, 1.82) is 0 Å². The maximum atomic E-state index is 12.3. The molecule has 1 aliphatic rings. The number of imide groups is 1. The van der Waals surface area contributed by atoms with Crippen LogP contribution in [0.3, 0.4) is 0 Å². The van der Waals surface area contributed by atoms with Crippen molar-refractivity contribution in [2.24, 2.45) is 0 Å². The first kappa shape index (κ1) is 16.0. The Hall–Kier alpha value is -3.48. The summed E-state index contributed by atoms with van der Waals surface area (Å²) in [6.45, 7) is 1.68. The molecule has 2 N–H and O–H groups in total. The molecular formula is C19H16N4O3. The summed E-state index contributed by atoms with van der Waals surface area (Å²) in [5.41, 5.74) is 2.87. The van der Waals surface area contributed by atoms with Crippen LogP contribution in [0.15, 0.2) is 42.5 Å². The van der Waals surface area contributed by atoms with Crippen molar-refractivity contribution in [3.63, 3.8) is 0 Å². The van der Waals surface area contributed by atoms with Crippen LogP contribution in [-0.4, -0.2) is 39.1 Å². The fourth-order valence-electron chi connectivity index (χ4n) is 3.03. The van der Waals surface area contributed by atoms with Crippen molar-refractivity contribution in [2.75, 3.05) is 11.9 Å². The molecule has 0 fully saturated rings. The minimum atomic E-state index is -0.447. The van der Waals surface area contributed by atoms with E-state index < -0.39 is 17.7 Å². The number of aryl methyl sites for hydroxylation is 1. The number of fused-ring (bicyclic) bond motifs is 2. The van der Waals surface area contributed by atoms with E-state index in [1.165, 1.54) is 0 Å². The van der Waals surface area contributed by atoms with Gasteiger partial charge in [0.25, 0.3) is 11.8 Å². The average molecular weight is 348 g/mol. The van der Waals surface area contributed by atoms with Gasteiger partial charge in [0.1, 0.15) is 12.4 Å². The molecule has 130 valence electrons. The Kier molecular flexibility index (Phi) is 3.76. The maximum Gasteiger partial charge on any atom is 0.262 e. The number of aromatic nitrogens is 2. The number of benzene rings is 2. The van der Waals surface area contributed by atoms with Gasteiger partial charge in [-0.3, -0.25) is 19.3 Å². The zero-order valence-corrected chi connectivity index (χ0v) is 14.1. The van der Waals surface area contributed by atoms with E-state index in [0.29, 0.717) is 16.8 Å². The summed E-state index contributed by atoms with van der Waals surface area (Å²) in [5, 5.41) is 2.72. The second-order valence-electron chi connectivity index (χ2n) is 6.06. The van der Waals surface area contributed by atoms with Crippen molar-refractivity contribution >= 4 is 34.4 Å². The number of H-pyrrole nitrogens is 1. The van der Waals surface area contributed by atoms with Gasteiger partial charge in [0.2, 0.25) is 5.91 Å². The van der Waals surface area contributed by atoms with Gasteiger partial charge in [0.15, 0.2) is 0 Å². The van der Waals surface area contributed by atoms with Crippen molar-refractivity contribution in [2.45, 2.75) is 13.3 Å². The molecule has 0 saturated carbocycles. The summed E-state index contributed by atoms with van der Waals surface area (Å²) in [4.78, 5) is 45.5. The van der Waals surface area contributed by atoms with Crippen LogP contribution < -0.4 is 5.32 Å². The topological polar surface area (TPSA) is 95.2 Å². The van der Waals surface area contributed by atoms with Crippen LogP contribution in [0.2, 0.25) is 0 Å². The summed E-state index contributed by atoms with van der Waals surface area (Å²) >= 11 is 0. The molecule has 0 spiro atoms. The molecule has 2 aromatic carbocycles. The number of aromatic amines is 1. The predicted octanol–water partition coefficient (Wildman–Crippen LogP) is 2.36. The summed E-state index contributed by atoms with van der Waals surface area (Å²) in [7, 11) is 0. The first-order valence-electron chi connectivity index (χ1n) is 8.30. The highest BCUT2D eigenvalue weighted by atomic mass is 16.2. The summed E-state index contributed by atoms with van der Waals surface area (Å²) in [6, 6.07) is 11.9. The smallest absolute Gasteiger partial charge is 0.262 e. The number of amides is 3. The van der Waals surface area contributed by atoms with Gasteiger partial charge < -0.3 is 10.3 Å². The predicted molar refractivity (Wildman–Crippen MR) is 95.9 cm³/mol. The van der Waals surface area contributed by atoms with Gasteiger partial charge in [0, 0.05) is 12.1 Å². The lowest BCUT2D eigenvalue weighted by Gasteiger charge is -2.13. The van der Waals surface area contributed by atoms with Crippen molar-refractivity contribution in [1.82, 2.24) is 14.9 Å². The standard InChI is InChI=1S/C19H16N4O3/c1-2-16-21-14-8-7-11(9-15(14)22-16)20-17(24)10-23-18(25)12-5-3-4-6-13(12)19(23)26/h3-9H,2,10H2,1H3,(H,20,24)(H,21,22). The van der Waals surface area contributed by atoms with Crippen molar-refractivity contribution in [3.05, 3.63) is 59.4 Å². The Balaban J connectivity index is 1.49. The molecule has 4 rings (SSSR count). The minimum absolute atomic E-state index is 0.326. The van der Waals surface area contributed by atoms with Crippen LogP contribution >= 0.6 is 0 Å². The first-order chi connectivity index (χ1) is 12.6. The molecule has 0 radical (unpaired) electrons. The van der Waals surface area contributed by atoms with Crippen molar-refractivity contribution < 1.29 is 14.4 Å². The first-order valence-corrected chi connectivity index (χ1v) is 8.30. The van der Waals surface area contributed by atoms with Crippen LogP contribution in [0.25, 0.3) is 11.0 Å². The summed E-state index contributed by atoms with van der Waals surface area (Å²) < 4.78 is 0. The number of rotatable bonds is 4. The van der Waals surface area contributed by atoms with E-state index >= 15 is 0 Å². The normalized spacial score (nSPS) is 13.3. The van der Waals surface area contributed by atoms with Crippen LogP contribution in [0, 0.1) is 0 Å². The molecule has 0 atom stereocenters. The van der Waals surface area contributed by atoms with E-state index in [2.05, 4.69) is 15.3 Å². The number of carbonyl (C=O) groups is 3. The molecule has 1 aromatic heterocycles. The second-order valence-corrected chi connectivity index (χ2v) is 6.06. The highest BCUT2D eigenvalue weighted by Gasteiger charge is 2.36. The molecule has 0 aliphatic carbocycles. The van der Waals surface area contributed by atoms with Gasteiger partial charge in [-0.05, 0) is 30.3 Å². The van der Waals surface area contributed by atoms with Gasteiger partial charge in [-0.1, -0.05) is 19.1 Å². The number of nitrogens with one attached hydrogen (secondary N) is 2. The van der Waals surface area contributed by atoms with Crippen molar-refractivity contribution in [3.8, 4) is 0 Å². The van der Waals surface area contributed by atoms with Crippen LogP contribution in [0.4, 0.5) is 5.69 Å². The third kappa shape index (κ3) is 2.63. The zero-order chi connectivity index (χ0) is 18.3. The second kappa shape index (κ2) is 6.11. The minimum Gasteiger partial charge on any atom is -0.342 e. The number of anilines is 1. The van der Waals surface area contributed by atoms with Gasteiger partial charge >= 0.3 is 0 Å². The van der Waals surface area contributed by atoms with E-state index in [1.54, 1.807) is 36.4 Å². The lowest BCUT2D eigenvalue weighted by molar-refractivity contribution is -0.116. The number of imidazole rings is 1. The van der Waals surface area contributed by atoms with Crippen LogP contribution in [0.5, 0.6) is 0 Å². The summed E-state index contributed by atoms with van der Waals surface area (Å²) in [5.74, 6) is -0.460. The molecule has 2 heterocycles. The molecule has 1 aliphatic heterocycles. The molecule has 0 saturated heterocycles.